The van der Waals surface area contributed by atoms with Crippen LogP contribution in [0.3, 0.4) is 0 Å². The maximum atomic E-state index is 13.2. The lowest BCUT2D eigenvalue weighted by atomic mass is 9.95. The molecule has 2 rings (SSSR count). The van der Waals surface area contributed by atoms with Crippen LogP contribution in [-0.2, 0) is 6.54 Å². The third kappa shape index (κ3) is 4.02. The molecule has 21 heavy (non-hydrogen) atoms. The Balaban J connectivity index is 2.13. The second-order valence-electron chi connectivity index (χ2n) is 5.43. The molecule has 2 N–H and O–H groups in total. The Bertz CT molecular complexity index is 596. The molecule has 0 heterocycles. The van der Waals surface area contributed by atoms with Crippen molar-refractivity contribution in [2.45, 2.75) is 26.4 Å². The lowest BCUT2D eigenvalue weighted by Gasteiger charge is -2.23. The standard InChI is InChI=1S/C17H19F2NO/c1-11(2)17(12-3-5-14(18)6-4-12)20-10-13-9-15(19)7-8-16(13)21/h3-9,11,17,20-21H,10H2,1-2H3. The number of hydrogen-bond donors (Lipinski definition) is 2. The van der Waals surface area contributed by atoms with E-state index < -0.39 is 0 Å². The van der Waals surface area contributed by atoms with E-state index in [4.69, 9.17) is 0 Å². The van der Waals surface area contributed by atoms with Crippen molar-refractivity contribution in [2.75, 3.05) is 0 Å². The Labute approximate surface area is 123 Å². The second-order valence-corrected chi connectivity index (χ2v) is 5.43. The van der Waals surface area contributed by atoms with Gasteiger partial charge in [0.1, 0.15) is 17.4 Å². The van der Waals surface area contributed by atoms with Crippen LogP contribution in [0.1, 0.15) is 31.0 Å². The monoisotopic (exact) mass is 291 g/mol. The first-order chi connectivity index (χ1) is 9.97. The molecule has 0 aliphatic rings. The van der Waals surface area contributed by atoms with Gasteiger partial charge in [-0.05, 0) is 41.8 Å². The number of rotatable bonds is 5. The molecule has 112 valence electrons. The highest BCUT2D eigenvalue weighted by Gasteiger charge is 2.16. The normalized spacial score (nSPS) is 12.6. The van der Waals surface area contributed by atoms with Crippen LogP contribution in [0.25, 0.3) is 0 Å². The summed E-state index contributed by atoms with van der Waals surface area (Å²) < 4.78 is 26.2. The summed E-state index contributed by atoms with van der Waals surface area (Å²) in [6, 6.07) is 10.2. The third-order valence-electron chi connectivity index (χ3n) is 3.45. The minimum absolute atomic E-state index is 0.00623. The second kappa shape index (κ2) is 6.68. The summed E-state index contributed by atoms with van der Waals surface area (Å²) in [5.41, 5.74) is 1.46. The highest BCUT2D eigenvalue weighted by Crippen LogP contribution is 2.24. The van der Waals surface area contributed by atoms with E-state index in [0.29, 0.717) is 12.1 Å². The summed E-state index contributed by atoms with van der Waals surface area (Å²) in [5.74, 6) is -0.326. The zero-order chi connectivity index (χ0) is 15.4. The average molecular weight is 291 g/mol. The molecule has 0 saturated heterocycles. The van der Waals surface area contributed by atoms with Crippen molar-refractivity contribution in [3.05, 3.63) is 65.2 Å². The molecule has 2 nitrogen and oxygen atoms in total. The van der Waals surface area contributed by atoms with Crippen LogP contribution in [0.5, 0.6) is 5.75 Å². The van der Waals surface area contributed by atoms with Gasteiger partial charge in [0.15, 0.2) is 0 Å². The first-order valence-corrected chi connectivity index (χ1v) is 6.93. The number of nitrogens with one attached hydrogen (secondary N) is 1. The van der Waals surface area contributed by atoms with Gasteiger partial charge in [-0.3, -0.25) is 0 Å². The van der Waals surface area contributed by atoms with E-state index in [1.165, 1.54) is 30.3 Å². The van der Waals surface area contributed by atoms with E-state index in [0.717, 1.165) is 5.56 Å². The van der Waals surface area contributed by atoms with Crippen molar-refractivity contribution in [3.63, 3.8) is 0 Å². The fraction of sp³-hybridized carbons (Fsp3) is 0.294. The first-order valence-electron chi connectivity index (χ1n) is 6.93. The molecule has 1 unspecified atom stereocenters. The summed E-state index contributed by atoms with van der Waals surface area (Å²) in [6.45, 7) is 4.43. The smallest absolute Gasteiger partial charge is 0.123 e. The Morgan fingerprint density at radius 2 is 1.62 bits per heavy atom. The molecule has 0 spiro atoms. The van der Waals surface area contributed by atoms with Crippen LogP contribution in [0.4, 0.5) is 8.78 Å². The van der Waals surface area contributed by atoms with Crippen molar-refractivity contribution in [1.29, 1.82) is 0 Å². The van der Waals surface area contributed by atoms with Gasteiger partial charge in [0, 0.05) is 18.2 Å². The molecule has 1 atom stereocenters. The van der Waals surface area contributed by atoms with E-state index in [1.54, 1.807) is 12.1 Å². The fourth-order valence-corrected chi connectivity index (χ4v) is 2.32. The maximum Gasteiger partial charge on any atom is 0.123 e. The van der Waals surface area contributed by atoms with Crippen LogP contribution in [0.2, 0.25) is 0 Å². The molecule has 0 radical (unpaired) electrons. The quantitative estimate of drug-likeness (QED) is 0.867. The minimum Gasteiger partial charge on any atom is -0.508 e. The molecule has 0 bridgehead atoms. The maximum absolute atomic E-state index is 13.2. The number of phenols is 1. The SMILES string of the molecule is CC(C)C(NCc1cc(F)ccc1O)c1ccc(F)cc1. The zero-order valence-electron chi connectivity index (χ0n) is 12.1. The largest absolute Gasteiger partial charge is 0.508 e. The van der Waals surface area contributed by atoms with Gasteiger partial charge < -0.3 is 10.4 Å². The summed E-state index contributed by atoms with van der Waals surface area (Å²) in [4.78, 5) is 0. The van der Waals surface area contributed by atoms with E-state index in [1.807, 2.05) is 13.8 Å². The molecular formula is C17H19F2NO. The molecule has 0 fully saturated rings. The van der Waals surface area contributed by atoms with Gasteiger partial charge in [-0.25, -0.2) is 8.78 Å². The summed E-state index contributed by atoms with van der Waals surface area (Å²) in [7, 11) is 0. The highest BCUT2D eigenvalue weighted by molar-refractivity contribution is 5.32. The predicted molar refractivity (Wildman–Crippen MR) is 78.9 cm³/mol. The Morgan fingerprint density at radius 3 is 2.24 bits per heavy atom. The first kappa shape index (κ1) is 15.4. The van der Waals surface area contributed by atoms with Crippen molar-refractivity contribution in [1.82, 2.24) is 5.32 Å². The molecule has 2 aromatic rings. The lowest BCUT2D eigenvalue weighted by Crippen LogP contribution is -2.25. The summed E-state index contributed by atoms with van der Waals surface area (Å²) in [5, 5.41) is 13.0. The lowest BCUT2D eigenvalue weighted by molar-refractivity contribution is 0.401. The molecule has 0 aliphatic carbocycles. The molecule has 0 saturated carbocycles. The molecular weight excluding hydrogens is 272 g/mol. The Morgan fingerprint density at radius 1 is 1.00 bits per heavy atom. The third-order valence-corrected chi connectivity index (χ3v) is 3.45. The molecule has 4 heteroatoms. The summed E-state index contributed by atoms with van der Waals surface area (Å²) >= 11 is 0. The van der Waals surface area contributed by atoms with Gasteiger partial charge in [0.25, 0.3) is 0 Å². The summed E-state index contributed by atoms with van der Waals surface area (Å²) in [6.07, 6.45) is 0. The molecule has 2 aromatic carbocycles. The minimum atomic E-state index is -0.382. The fourth-order valence-electron chi connectivity index (χ4n) is 2.32. The van der Waals surface area contributed by atoms with E-state index in [2.05, 4.69) is 5.32 Å². The van der Waals surface area contributed by atoms with Crippen molar-refractivity contribution in [3.8, 4) is 5.75 Å². The molecule has 0 amide bonds. The van der Waals surface area contributed by atoms with E-state index in [9.17, 15) is 13.9 Å². The van der Waals surface area contributed by atoms with Gasteiger partial charge in [-0.15, -0.1) is 0 Å². The van der Waals surface area contributed by atoms with Gasteiger partial charge >= 0.3 is 0 Å². The number of hydrogen-bond acceptors (Lipinski definition) is 2. The number of phenolic OH excluding ortho intramolecular Hbond substituents is 1. The number of halogens is 2. The van der Waals surface area contributed by atoms with Crippen molar-refractivity contribution in [2.24, 2.45) is 5.92 Å². The molecule has 0 aliphatic heterocycles. The van der Waals surface area contributed by atoms with Crippen LogP contribution >= 0.6 is 0 Å². The van der Waals surface area contributed by atoms with Crippen LogP contribution in [0.15, 0.2) is 42.5 Å². The van der Waals surface area contributed by atoms with Crippen molar-refractivity contribution < 1.29 is 13.9 Å². The zero-order valence-corrected chi connectivity index (χ0v) is 12.1. The van der Waals surface area contributed by atoms with E-state index in [-0.39, 0.29) is 29.3 Å². The highest BCUT2D eigenvalue weighted by atomic mass is 19.1. The number of aromatic hydroxyl groups is 1. The van der Waals surface area contributed by atoms with Crippen molar-refractivity contribution >= 4 is 0 Å². The Hall–Kier alpha value is -1.94. The van der Waals surface area contributed by atoms with Crippen LogP contribution < -0.4 is 5.32 Å². The van der Waals surface area contributed by atoms with Gasteiger partial charge in [0.2, 0.25) is 0 Å². The van der Waals surface area contributed by atoms with E-state index >= 15 is 0 Å². The van der Waals surface area contributed by atoms with Gasteiger partial charge in [-0.1, -0.05) is 26.0 Å². The Kier molecular flexibility index (Phi) is 4.91. The predicted octanol–water partition coefficient (Wildman–Crippen LogP) is 4.16. The van der Waals surface area contributed by atoms with Gasteiger partial charge in [0.05, 0.1) is 0 Å². The number of benzene rings is 2. The van der Waals surface area contributed by atoms with Crippen LogP contribution in [0, 0.1) is 17.6 Å². The van der Waals surface area contributed by atoms with Gasteiger partial charge in [-0.2, -0.15) is 0 Å². The molecule has 0 aromatic heterocycles. The average Bonchev–Trinajstić information content (AvgIpc) is 2.44. The van der Waals surface area contributed by atoms with Crippen LogP contribution in [-0.4, -0.2) is 5.11 Å². The topological polar surface area (TPSA) is 32.3 Å².